The molecule has 13 heavy (non-hydrogen) atoms. The Labute approximate surface area is 80.4 Å². The predicted octanol–water partition coefficient (Wildman–Crippen LogP) is 0.334. The maximum Gasteiger partial charge on any atom is 0.213 e. The van der Waals surface area contributed by atoms with Crippen LogP contribution in [0.1, 0.15) is 26.7 Å². The predicted molar refractivity (Wildman–Crippen MR) is 52.9 cm³/mol. The van der Waals surface area contributed by atoms with Crippen LogP contribution < -0.4 is 4.72 Å². The van der Waals surface area contributed by atoms with Crippen molar-refractivity contribution < 1.29 is 13.5 Å². The van der Waals surface area contributed by atoms with Crippen molar-refractivity contribution in [1.29, 1.82) is 0 Å². The lowest BCUT2D eigenvalue weighted by atomic mass is 10.0. The summed E-state index contributed by atoms with van der Waals surface area (Å²) in [4.78, 5) is 0. The van der Waals surface area contributed by atoms with Crippen LogP contribution in [0.5, 0.6) is 0 Å². The Kier molecular flexibility index (Phi) is 6.28. The minimum absolute atomic E-state index is 0.201. The summed E-state index contributed by atoms with van der Waals surface area (Å²) in [6.07, 6.45) is 1.94. The van der Waals surface area contributed by atoms with Gasteiger partial charge in [-0.3, -0.25) is 0 Å². The largest absolute Gasteiger partial charge is 0.395 e. The van der Waals surface area contributed by atoms with Crippen LogP contribution in [0.4, 0.5) is 0 Å². The smallest absolute Gasteiger partial charge is 0.213 e. The first-order chi connectivity index (χ1) is 6.05. The van der Waals surface area contributed by atoms with E-state index < -0.39 is 10.0 Å². The lowest BCUT2D eigenvalue weighted by Gasteiger charge is -2.12. The average molecular weight is 209 g/mol. The van der Waals surface area contributed by atoms with E-state index in [2.05, 4.69) is 4.72 Å². The normalized spacial score (nSPS) is 12.3. The van der Waals surface area contributed by atoms with Crippen LogP contribution in [0.3, 0.4) is 0 Å². The summed E-state index contributed by atoms with van der Waals surface area (Å²) in [6, 6.07) is 0. The van der Waals surface area contributed by atoms with Crippen molar-refractivity contribution in [3.63, 3.8) is 0 Å². The van der Waals surface area contributed by atoms with Gasteiger partial charge in [-0.05, 0) is 5.92 Å². The molecule has 0 aliphatic heterocycles. The van der Waals surface area contributed by atoms with Crippen molar-refractivity contribution >= 4 is 10.0 Å². The molecule has 80 valence electrons. The number of nitrogens with one attached hydrogen (secondary N) is 1. The maximum atomic E-state index is 11.1. The van der Waals surface area contributed by atoms with Gasteiger partial charge < -0.3 is 5.11 Å². The highest BCUT2D eigenvalue weighted by molar-refractivity contribution is 7.89. The molecule has 4 nitrogen and oxygen atoms in total. The molecule has 5 heteroatoms. The molecular weight excluding hydrogens is 190 g/mol. The van der Waals surface area contributed by atoms with Gasteiger partial charge in [-0.25, -0.2) is 13.1 Å². The molecule has 0 aromatic carbocycles. The van der Waals surface area contributed by atoms with Gasteiger partial charge in [0.1, 0.15) is 0 Å². The van der Waals surface area contributed by atoms with Crippen LogP contribution in [-0.2, 0) is 10.0 Å². The van der Waals surface area contributed by atoms with Crippen molar-refractivity contribution in [2.24, 2.45) is 5.92 Å². The molecule has 0 aromatic heterocycles. The third-order valence-corrected chi connectivity index (χ3v) is 3.43. The Hall–Kier alpha value is -0.130. The second-order valence-electron chi connectivity index (χ2n) is 3.07. The molecule has 0 fully saturated rings. The van der Waals surface area contributed by atoms with Gasteiger partial charge in [-0.1, -0.05) is 26.7 Å². The second-order valence-corrected chi connectivity index (χ2v) is 5.00. The van der Waals surface area contributed by atoms with E-state index in [9.17, 15) is 8.42 Å². The number of rotatable bonds is 7. The molecular formula is C8H19NO3S. The van der Waals surface area contributed by atoms with Crippen LogP contribution in [0.2, 0.25) is 0 Å². The van der Waals surface area contributed by atoms with Crippen molar-refractivity contribution in [1.82, 2.24) is 4.72 Å². The third-order valence-electron chi connectivity index (χ3n) is 2.11. The minimum atomic E-state index is -3.25. The fourth-order valence-corrected chi connectivity index (χ4v) is 1.89. The van der Waals surface area contributed by atoms with Crippen molar-refractivity contribution in [2.75, 3.05) is 18.9 Å². The summed E-state index contributed by atoms with van der Waals surface area (Å²) in [7, 11) is -3.25. The molecule has 2 N–H and O–H groups in total. The van der Waals surface area contributed by atoms with Crippen LogP contribution >= 0.6 is 0 Å². The molecule has 0 saturated carbocycles. The molecule has 0 amide bonds. The zero-order valence-corrected chi connectivity index (χ0v) is 9.10. The van der Waals surface area contributed by atoms with Crippen molar-refractivity contribution in [3.8, 4) is 0 Å². The number of sulfonamides is 1. The molecule has 0 atom stereocenters. The summed E-state index contributed by atoms with van der Waals surface area (Å²) in [5.41, 5.74) is 0. The molecule has 0 rings (SSSR count). The first-order valence-electron chi connectivity index (χ1n) is 4.63. The molecule has 0 saturated heterocycles. The van der Waals surface area contributed by atoms with E-state index >= 15 is 0 Å². The summed E-state index contributed by atoms with van der Waals surface area (Å²) < 4.78 is 24.7. The van der Waals surface area contributed by atoms with E-state index in [1.165, 1.54) is 0 Å². The molecule has 0 aliphatic carbocycles. The monoisotopic (exact) mass is 209 g/mol. The molecule has 0 radical (unpaired) electrons. The highest BCUT2D eigenvalue weighted by Crippen LogP contribution is 2.05. The van der Waals surface area contributed by atoms with E-state index in [0.717, 1.165) is 12.8 Å². The summed E-state index contributed by atoms with van der Waals surface area (Å²) >= 11 is 0. The first-order valence-corrected chi connectivity index (χ1v) is 6.29. The summed E-state index contributed by atoms with van der Waals surface area (Å²) in [6.45, 7) is 4.23. The maximum absolute atomic E-state index is 11.1. The van der Waals surface area contributed by atoms with Gasteiger partial charge in [-0.15, -0.1) is 0 Å². The van der Waals surface area contributed by atoms with Crippen LogP contribution in [-0.4, -0.2) is 32.4 Å². The quantitative estimate of drug-likeness (QED) is 0.635. The minimum Gasteiger partial charge on any atom is -0.395 e. The second kappa shape index (κ2) is 6.34. The van der Waals surface area contributed by atoms with Gasteiger partial charge in [0.05, 0.1) is 12.4 Å². The Balaban J connectivity index is 3.86. The third kappa shape index (κ3) is 6.01. The summed E-state index contributed by atoms with van der Waals surface area (Å²) in [5, 5.41) is 8.46. The van der Waals surface area contributed by atoms with E-state index in [-0.39, 0.29) is 12.4 Å². The highest BCUT2D eigenvalue weighted by atomic mass is 32.2. The lowest BCUT2D eigenvalue weighted by molar-refractivity contribution is 0.319. The first kappa shape index (κ1) is 12.9. The van der Waals surface area contributed by atoms with Crippen LogP contribution in [0.15, 0.2) is 0 Å². The van der Waals surface area contributed by atoms with Gasteiger partial charge in [0, 0.05) is 6.54 Å². The van der Waals surface area contributed by atoms with Gasteiger partial charge in [0.2, 0.25) is 10.0 Å². The topological polar surface area (TPSA) is 66.4 Å². The molecule has 0 aromatic rings. The number of aliphatic hydroxyl groups is 1. The number of aliphatic hydroxyl groups excluding tert-OH is 1. The Bertz CT molecular complexity index is 209. The van der Waals surface area contributed by atoms with E-state index in [1.807, 2.05) is 13.8 Å². The lowest BCUT2D eigenvalue weighted by Crippen LogP contribution is -2.32. The standard InChI is InChI=1S/C8H19NO3S/c1-3-8(4-2)7-9-13(11,12)6-5-10/h8-10H,3-7H2,1-2H3. The van der Waals surface area contributed by atoms with Crippen LogP contribution in [0.25, 0.3) is 0 Å². The number of hydrogen-bond acceptors (Lipinski definition) is 3. The van der Waals surface area contributed by atoms with E-state index in [0.29, 0.717) is 12.5 Å². The molecule has 0 bridgehead atoms. The van der Waals surface area contributed by atoms with E-state index in [1.54, 1.807) is 0 Å². The molecule has 0 aliphatic rings. The Morgan fingerprint density at radius 3 is 2.23 bits per heavy atom. The van der Waals surface area contributed by atoms with Gasteiger partial charge in [-0.2, -0.15) is 0 Å². The van der Waals surface area contributed by atoms with Gasteiger partial charge in [0.25, 0.3) is 0 Å². The summed E-state index contributed by atoms with van der Waals surface area (Å²) in [5.74, 6) is 0.195. The number of hydrogen-bond donors (Lipinski definition) is 2. The van der Waals surface area contributed by atoms with E-state index in [4.69, 9.17) is 5.11 Å². The fourth-order valence-electron chi connectivity index (χ4n) is 1.01. The van der Waals surface area contributed by atoms with Crippen molar-refractivity contribution in [3.05, 3.63) is 0 Å². The van der Waals surface area contributed by atoms with Crippen LogP contribution in [0, 0.1) is 5.92 Å². The van der Waals surface area contributed by atoms with Gasteiger partial charge in [0.15, 0.2) is 0 Å². The fraction of sp³-hybridized carbons (Fsp3) is 1.00. The van der Waals surface area contributed by atoms with Crippen molar-refractivity contribution in [2.45, 2.75) is 26.7 Å². The average Bonchev–Trinajstić information content (AvgIpc) is 2.06. The Morgan fingerprint density at radius 2 is 1.85 bits per heavy atom. The highest BCUT2D eigenvalue weighted by Gasteiger charge is 2.11. The SMILES string of the molecule is CCC(CC)CNS(=O)(=O)CCO. The molecule has 0 unspecified atom stereocenters. The zero-order chi connectivity index (χ0) is 10.3. The molecule has 0 heterocycles. The Morgan fingerprint density at radius 1 is 1.31 bits per heavy atom. The van der Waals surface area contributed by atoms with Gasteiger partial charge >= 0.3 is 0 Å². The zero-order valence-electron chi connectivity index (χ0n) is 8.28. The molecule has 0 spiro atoms.